The first kappa shape index (κ1) is 12.6. The smallest absolute Gasteiger partial charge is 0.131 e. The van der Waals surface area contributed by atoms with E-state index < -0.39 is 0 Å². The second-order valence-electron chi connectivity index (χ2n) is 4.84. The third-order valence-corrected chi connectivity index (χ3v) is 3.34. The van der Waals surface area contributed by atoms with Crippen molar-refractivity contribution in [2.75, 3.05) is 0 Å². The van der Waals surface area contributed by atoms with Crippen LogP contribution in [0.1, 0.15) is 33.7 Å². The Kier molecular flexibility index (Phi) is 3.61. The lowest BCUT2D eigenvalue weighted by Gasteiger charge is -2.17. The molecular weight excluding hydrogens is 220 g/mol. The van der Waals surface area contributed by atoms with Crippen molar-refractivity contribution in [2.24, 2.45) is 0 Å². The van der Waals surface area contributed by atoms with E-state index >= 15 is 0 Å². The van der Waals surface area contributed by atoms with Crippen molar-refractivity contribution in [3.05, 3.63) is 70.3 Å². The maximum Gasteiger partial charge on any atom is 0.131 e. The predicted octanol–water partition coefficient (Wildman–Crippen LogP) is 3.94. The van der Waals surface area contributed by atoms with Crippen LogP contribution in [0.3, 0.4) is 0 Å². The zero-order chi connectivity index (χ0) is 13.1. The van der Waals surface area contributed by atoms with Gasteiger partial charge in [0.15, 0.2) is 0 Å². The number of hydrogen-bond donors (Lipinski definition) is 0. The molecular formula is C17H18O. The Bertz CT molecular complexity index is 532. The normalized spacial score (nSPS) is 12.2. The van der Waals surface area contributed by atoms with E-state index in [1.54, 1.807) is 0 Å². The van der Waals surface area contributed by atoms with Gasteiger partial charge in [-0.15, -0.1) is 0 Å². The Morgan fingerprint density at radius 1 is 0.944 bits per heavy atom. The van der Waals surface area contributed by atoms with Gasteiger partial charge in [0.2, 0.25) is 0 Å². The Balaban J connectivity index is 2.56. The molecule has 1 atom stereocenters. The molecule has 0 aromatic heterocycles. The van der Waals surface area contributed by atoms with E-state index in [1.807, 2.05) is 30.3 Å². The highest BCUT2D eigenvalue weighted by atomic mass is 16.1. The number of carbonyl (C=O) groups excluding carboxylic acids is 1. The van der Waals surface area contributed by atoms with Gasteiger partial charge < -0.3 is 4.79 Å². The lowest BCUT2D eigenvalue weighted by atomic mass is 9.86. The van der Waals surface area contributed by atoms with Crippen LogP contribution < -0.4 is 0 Å². The first-order valence-corrected chi connectivity index (χ1v) is 6.21. The summed E-state index contributed by atoms with van der Waals surface area (Å²) in [7, 11) is 0. The molecule has 0 fully saturated rings. The molecule has 1 nitrogen and oxygen atoms in total. The molecule has 2 aromatic carbocycles. The van der Waals surface area contributed by atoms with Gasteiger partial charge in [0.05, 0.1) is 5.92 Å². The highest BCUT2D eigenvalue weighted by molar-refractivity contribution is 5.70. The Morgan fingerprint density at radius 3 is 2.00 bits per heavy atom. The molecule has 0 aliphatic rings. The Labute approximate surface area is 108 Å². The molecule has 0 N–H and O–H groups in total. The van der Waals surface area contributed by atoms with Gasteiger partial charge in [-0.1, -0.05) is 48.0 Å². The van der Waals surface area contributed by atoms with E-state index in [0.29, 0.717) is 0 Å². The fourth-order valence-corrected chi connectivity index (χ4v) is 2.66. The summed E-state index contributed by atoms with van der Waals surface area (Å²) in [6, 6.07) is 14.2. The fourth-order valence-electron chi connectivity index (χ4n) is 2.66. The number of aldehydes is 1. The summed E-state index contributed by atoms with van der Waals surface area (Å²) < 4.78 is 0. The van der Waals surface area contributed by atoms with Crippen molar-refractivity contribution in [1.29, 1.82) is 0 Å². The maximum atomic E-state index is 11.5. The molecule has 0 saturated heterocycles. The number of benzene rings is 2. The topological polar surface area (TPSA) is 17.1 Å². The molecule has 1 heteroatoms. The van der Waals surface area contributed by atoms with Gasteiger partial charge in [-0.25, -0.2) is 0 Å². The van der Waals surface area contributed by atoms with Crippen LogP contribution in [-0.4, -0.2) is 6.29 Å². The predicted molar refractivity (Wildman–Crippen MR) is 75.0 cm³/mol. The van der Waals surface area contributed by atoms with Crippen LogP contribution in [0.4, 0.5) is 0 Å². The summed E-state index contributed by atoms with van der Waals surface area (Å²) in [6.45, 7) is 6.24. The average molecular weight is 238 g/mol. The fraction of sp³-hybridized carbons (Fsp3) is 0.235. The van der Waals surface area contributed by atoms with Crippen molar-refractivity contribution in [1.82, 2.24) is 0 Å². The quantitative estimate of drug-likeness (QED) is 0.740. The van der Waals surface area contributed by atoms with Crippen molar-refractivity contribution >= 4 is 6.29 Å². The maximum absolute atomic E-state index is 11.5. The van der Waals surface area contributed by atoms with Crippen LogP contribution in [0, 0.1) is 20.8 Å². The number of hydrogen-bond acceptors (Lipinski definition) is 1. The summed E-state index contributed by atoms with van der Waals surface area (Å²) in [5.41, 5.74) is 5.82. The van der Waals surface area contributed by atoms with E-state index in [-0.39, 0.29) is 5.92 Å². The summed E-state index contributed by atoms with van der Waals surface area (Å²) in [5, 5.41) is 0. The summed E-state index contributed by atoms with van der Waals surface area (Å²) in [4.78, 5) is 11.5. The van der Waals surface area contributed by atoms with Crippen LogP contribution in [0.15, 0.2) is 42.5 Å². The first-order valence-electron chi connectivity index (χ1n) is 6.21. The van der Waals surface area contributed by atoms with E-state index in [0.717, 1.165) is 17.4 Å². The molecule has 2 rings (SSSR count). The molecule has 0 aliphatic carbocycles. The molecule has 0 amide bonds. The van der Waals surface area contributed by atoms with Gasteiger partial charge in [0.25, 0.3) is 0 Å². The molecule has 18 heavy (non-hydrogen) atoms. The van der Waals surface area contributed by atoms with Crippen LogP contribution in [0.5, 0.6) is 0 Å². The van der Waals surface area contributed by atoms with E-state index in [9.17, 15) is 4.79 Å². The SMILES string of the molecule is Cc1cc(C)c(C(C=O)c2ccccc2)c(C)c1. The number of carbonyl (C=O) groups is 1. The summed E-state index contributed by atoms with van der Waals surface area (Å²) in [5.74, 6) is -0.160. The molecule has 0 bridgehead atoms. The second kappa shape index (κ2) is 5.18. The van der Waals surface area contributed by atoms with Crippen molar-refractivity contribution in [3.8, 4) is 0 Å². The Hall–Kier alpha value is -1.89. The molecule has 0 aliphatic heterocycles. The van der Waals surface area contributed by atoms with Crippen molar-refractivity contribution < 1.29 is 4.79 Å². The van der Waals surface area contributed by atoms with Crippen molar-refractivity contribution in [3.63, 3.8) is 0 Å². The minimum Gasteiger partial charge on any atom is -0.302 e. The van der Waals surface area contributed by atoms with Gasteiger partial charge in [-0.05, 0) is 43.0 Å². The van der Waals surface area contributed by atoms with Gasteiger partial charge in [0, 0.05) is 0 Å². The zero-order valence-corrected chi connectivity index (χ0v) is 11.1. The molecule has 2 aromatic rings. The van der Waals surface area contributed by atoms with Crippen LogP contribution >= 0.6 is 0 Å². The standard InChI is InChI=1S/C17H18O/c1-12-9-13(2)17(14(3)10-12)16(11-18)15-7-5-4-6-8-15/h4-11,16H,1-3H3. The molecule has 0 saturated carbocycles. The number of aryl methyl sites for hydroxylation is 3. The van der Waals surface area contributed by atoms with Gasteiger partial charge >= 0.3 is 0 Å². The van der Waals surface area contributed by atoms with Gasteiger partial charge in [-0.3, -0.25) is 0 Å². The average Bonchev–Trinajstić information content (AvgIpc) is 2.34. The van der Waals surface area contributed by atoms with E-state index in [1.165, 1.54) is 16.7 Å². The third-order valence-electron chi connectivity index (χ3n) is 3.34. The lowest BCUT2D eigenvalue weighted by Crippen LogP contribution is -2.07. The van der Waals surface area contributed by atoms with Crippen LogP contribution in [0.2, 0.25) is 0 Å². The minimum atomic E-state index is -0.160. The molecule has 0 radical (unpaired) electrons. The highest BCUT2D eigenvalue weighted by Gasteiger charge is 2.17. The summed E-state index contributed by atoms with van der Waals surface area (Å²) in [6.07, 6.45) is 1.04. The second-order valence-corrected chi connectivity index (χ2v) is 4.84. The first-order chi connectivity index (χ1) is 8.63. The van der Waals surface area contributed by atoms with Gasteiger partial charge in [0.1, 0.15) is 6.29 Å². The molecule has 0 heterocycles. The Morgan fingerprint density at radius 2 is 1.50 bits per heavy atom. The van der Waals surface area contributed by atoms with E-state index in [2.05, 4.69) is 32.9 Å². The molecule has 1 unspecified atom stereocenters. The molecule has 92 valence electrons. The largest absolute Gasteiger partial charge is 0.302 e. The number of rotatable bonds is 3. The lowest BCUT2D eigenvalue weighted by molar-refractivity contribution is -0.108. The van der Waals surface area contributed by atoms with Gasteiger partial charge in [-0.2, -0.15) is 0 Å². The van der Waals surface area contributed by atoms with Crippen LogP contribution in [-0.2, 0) is 4.79 Å². The highest BCUT2D eigenvalue weighted by Crippen LogP contribution is 2.29. The monoisotopic (exact) mass is 238 g/mol. The van der Waals surface area contributed by atoms with Crippen LogP contribution in [0.25, 0.3) is 0 Å². The summed E-state index contributed by atoms with van der Waals surface area (Å²) >= 11 is 0. The van der Waals surface area contributed by atoms with Crippen molar-refractivity contribution in [2.45, 2.75) is 26.7 Å². The minimum absolute atomic E-state index is 0.160. The van der Waals surface area contributed by atoms with E-state index in [4.69, 9.17) is 0 Å². The molecule has 0 spiro atoms. The zero-order valence-electron chi connectivity index (χ0n) is 11.1. The third kappa shape index (κ3) is 2.35.